The molecule has 1 aliphatic carbocycles. The third-order valence-electron chi connectivity index (χ3n) is 5.66. The number of nitrogens with one attached hydrogen (secondary N) is 2. The van der Waals surface area contributed by atoms with Crippen molar-refractivity contribution in [3.8, 4) is 0 Å². The van der Waals surface area contributed by atoms with Gasteiger partial charge in [-0.1, -0.05) is 54.1 Å². The summed E-state index contributed by atoms with van der Waals surface area (Å²) in [7, 11) is 0. The molecule has 6 heteroatoms. The number of carbonyl (C=O) groups is 3. The molecule has 2 amide bonds. The predicted molar refractivity (Wildman–Crippen MR) is 131 cm³/mol. The topological polar surface area (TPSA) is 95.5 Å². The molecule has 34 heavy (non-hydrogen) atoms. The molecule has 0 unspecified atom stereocenters. The zero-order chi connectivity index (χ0) is 24.1. The van der Waals surface area contributed by atoms with E-state index in [9.17, 15) is 14.4 Å². The Kier molecular flexibility index (Phi) is 6.87. The maximum Gasteiger partial charge on any atom is 0.335 e. The van der Waals surface area contributed by atoms with Crippen molar-refractivity contribution in [2.75, 3.05) is 0 Å². The van der Waals surface area contributed by atoms with Crippen molar-refractivity contribution in [2.24, 2.45) is 0 Å². The zero-order valence-electron chi connectivity index (χ0n) is 18.9. The highest BCUT2D eigenvalue weighted by molar-refractivity contribution is 6.24. The van der Waals surface area contributed by atoms with Crippen LogP contribution < -0.4 is 10.6 Å². The summed E-state index contributed by atoms with van der Waals surface area (Å²) in [5.74, 6) is -1.31. The Morgan fingerprint density at radius 2 is 1.44 bits per heavy atom. The number of carbonyl (C=O) groups excluding carboxylic acids is 2. The molecule has 0 saturated heterocycles. The van der Waals surface area contributed by atoms with Crippen molar-refractivity contribution in [2.45, 2.75) is 32.4 Å². The van der Waals surface area contributed by atoms with Crippen LogP contribution in [-0.2, 0) is 11.3 Å². The van der Waals surface area contributed by atoms with Crippen LogP contribution in [0.2, 0.25) is 0 Å². The summed E-state index contributed by atoms with van der Waals surface area (Å²) >= 11 is 0. The van der Waals surface area contributed by atoms with Crippen LogP contribution in [0.25, 0.3) is 11.6 Å². The Labute approximate surface area is 198 Å². The van der Waals surface area contributed by atoms with Crippen LogP contribution in [-0.4, -0.2) is 28.9 Å². The van der Waals surface area contributed by atoms with Gasteiger partial charge in [0.05, 0.1) is 5.56 Å². The van der Waals surface area contributed by atoms with E-state index in [1.165, 1.54) is 12.1 Å². The number of benzene rings is 3. The first-order valence-corrected chi connectivity index (χ1v) is 11.2. The fourth-order valence-corrected chi connectivity index (χ4v) is 3.45. The van der Waals surface area contributed by atoms with Gasteiger partial charge in [0.2, 0.25) is 0 Å². The molecule has 1 fully saturated rings. The summed E-state index contributed by atoms with van der Waals surface area (Å²) < 4.78 is 0. The highest BCUT2D eigenvalue weighted by atomic mass is 16.4. The minimum Gasteiger partial charge on any atom is -0.478 e. The Balaban J connectivity index is 1.45. The van der Waals surface area contributed by atoms with Gasteiger partial charge in [-0.25, -0.2) is 4.79 Å². The Morgan fingerprint density at radius 1 is 0.853 bits per heavy atom. The first-order valence-electron chi connectivity index (χ1n) is 11.2. The predicted octanol–water partition coefficient (Wildman–Crippen LogP) is 4.44. The number of aryl methyl sites for hydroxylation is 1. The summed E-state index contributed by atoms with van der Waals surface area (Å²) in [4.78, 5) is 36.3. The Morgan fingerprint density at radius 3 is 2.03 bits per heavy atom. The number of aromatic carboxylic acids is 1. The van der Waals surface area contributed by atoms with Gasteiger partial charge in [-0.15, -0.1) is 0 Å². The molecule has 6 nitrogen and oxygen atoms in total. The average Bonchev–Trinajstić information content (AvgIpc) is 3.66. The minimum absolute atomic E-state index is 0.0953. The second kappa shape index (κ2) is 10.2. The molecule has 0 heterocycles. The third kappa shape index (κ3) is 5.98. The molecule has 0 bridgehead atoms. The van der Waals surface area contributed by atoms with Crippen LogP contribution in [0.3, 0.4) is 0 Å². The van der Waals surface area contributed by atoms with Gasteiger partial charge in [0.1, 0.15) is 0 Å². The lowest BCUT2D eigenvalue weighted by atomic mass is 10.00. The number of hydrogen-bond acceptors (Lipinski definition) is 3. The van der Waals surface area contributed by atoms with Gasteiger partial charge in [-0.2, -0.15) is 0 Å². The Bertz CT molecular complexity index is 1220. The van der Waals surface area contributed by atoms with Gasteiger partial charge < -0.3 is 15.7 Å². The molecule has 172 valence electrons. The van der Waals surface area contributed by atoms with Crippen LogP contribution in [0.4, 0.5) is 0 Å². The molecule has 0 spiro atoms. The molecular formula is C28H26N2O4. The van der Waals surface area contributed by atoms with Crippen molar-refractivity contribution in [3.05, 3.63) is 106 Å². The first kappa shape index (κ1) is 23.0. The summed E-state index contributed by atoms with van der Waals surface area (Å²) in [6.07, 6.45) is 3.87. The molecule has 0 atom stereocenters. The van der Waals surface area contributed by atoms with E-state index in [1.807, 2.05) is 49.4 Å². The maximum atomic E-state index is 12.9. The number of amides is 2. The zero-order valence-corrected chi connectivity index (χ0v) is 18.9. The third-order valence-corrected chi connectivity index (χ3v) is 5.66. The molecule has 0 aliphatic heterocycles. The van der Waals surface area contributed by atoms with Gasteiger partial charge in [-0.3, -0.25) is 9.59 Å². The molecular weight excluding hydrogens is 428 g/mol. The summed E-state index contributed by atoms with van der Waals surface area (Å²) in [6.45, 7) is 2.30. The second-order valence-corrected chi connectivity index (χ2v) is 8.48. The van der Waals surface area contributed by atoms with Crippen LogP contribution in [0.5, 0.6) is 0 Å². The lowest BCUT2D eigenvalue weighted by Crippen LogP contribution is -2.26. The maximum absolute atomic E-state index is 12.9. The molecule has 1 saturated carbocycles. The van der Waals surface area contributed by atoms with E-state index in [0.29, 0.717) is 17.7 Å². The van der Waals surface area contributed by atoms with Gasteiger partial charge in [0.15, 0.2) is 0 Å². The van der Waals surface area contributed by atoms with Crippen LogP contribution >= 0.6 is 0 Å². The van der Waals surface area contributed by atoms with E-state index in [-0.39, 0.29) is 23.4 Å². The van der Waals surface area contributed by atoms with Crippen molar-refractivity contribution in [1.82, 2.24) is 10.6 Å². The minimum atomic E-state index is -0.986. The monoisotopic (exact) mass is 454 g/mol. The standard InChI is InChI=1S/C28H26N2O4/c1-18-2-8-21(9-3-18)25(27(32)30-24-14-15-24)16-19-4-10-22(11-5-19)26(31)29-17-20-6-12-23(13-7-20)28(33)34/h2-13,16,24H,14-15,17H2,1H3,(H,29,31)(H,30,32)(H,33,34). The normalized spacial score (nSPS) is 13.3. The van der Waals surface area contributed by atoms with E-state index < -0.39 is 5.97 Å². The fourth-order valence-electron chi connectivity index (χ4n) is 3.45. The molecule has 1 aliphatic rings. The summed E-state index contributed by atoms with van der Waals surface area (Å²) in [5, 5.41) is 14.9. The van der Waals surface area contributed by atoms with Crippen LogP contribution in [0.15, 0.2) is 72.8 Å². The van der Waals surface area contributed by atoms with Crippen molar-refractivity contribution >= 4 is 29.4 Å². The molecule has 0 aromatic heterocycles. The smallest absolute Gasteiger partial charge is 0.335 e. The quantitative estimate of drug-likeness (QED) is 0.346. The number of carboxylic acids is 1. The number of hydrogen-bond donors (Lipinski definition) is 3. The average molecular weight is 455 g/mol. The van der Waals surface area contributed by atoms with Crippen molar-refractivity contribution in [3.63, 3.8) is 0 Å². The lowest BCUT2D eigenvalue weighted by Gasteiger charge is -2.10. The number of rotatable bonds is 8. The summed E-state index contributed by atoms with van der Waals surface area (Å²) in [5.41, 5.74) is 4.89. The Hall–Kier alpha value is -4.19. The van der Waals surface area contributed by atoms with Gasteiger partial charge in [0.25, 0.3) is 11.8 Å². The highest BCUT2D eigenvalue weighted by Gasteiger charge is 2.25. The fraction of sp³-hybridized carbons (Fsp3) is 0.179. The van der Waals surface area contributed by atoms with E-state index in [0.717, 1.165) is 35.1 Å². The van der Waals surface area contributed by atoms with Gasteiger partial charge in [-0.05, 0) is 66.8 Å². The van der Waals surface area contributed by atoms with Crippen molar-refractivity contribution in [1.29, 1.82) is 0 Å². The molecule has 0 radical (unpaired) electrons. The first-order chi connectivity index (χ1) is 16.4. The van der Waals surface area contributed by atoms with Crippen LogP contribution in [0.1, 0.15) is 55.8 Å². The lowest BCUT2D eigenvalue weighted by molar-refractivity contribution is -0.115. The highest BCUT2D eigenvalue weighted by Crippen LogP contribution is 2.24. The summed E-state index contributed by atoms with van der Waals surface area (Å²) in [6, 6.07) is 21.6. The largest absolute Gasteiger partial charge is 0.478 e. The number of carboxylic acid groups (broad SMARTS) is 1. The van der Waals surface area contributed by atoms with Gasteiger partial charge >= 0.3 is 5.97 Å². The van der Waals surface area contributed by atoms with E-state index in [2.05, 4.69) is 10.6 Å². The second-order valence-electron chi connectivity index (χ2n) is 8.48. The molecule has 3 aromatic carbocycles. The SMILES string of the molecule is Cc1ccc(C(=Cc2ccc(C(=O)NCc3ccc(C(=O)O)cc3)cc2)C(=O)NC2CC2)cc1. The van der Waals surface area contributed by atoms with Gasteiger partial charge in [0, 0.05) is 23.7 Å². The molecule has 3 N–H and O–H groups in total. The molecule has 4 rings (SSSR count). The van der Waals surface area contributed by atoms with Crippen molar-refractivity contribution < 1.29 is 19.5 Å². The van der Waals surface area contributed by atoms with Crippen LogP contribution in [0, 0.1) is 6.92 Å². The van der Waals surface area contributed by atoms with E-state index >= 15 is 0 Å². The van der Waals surface area contributed by atoms with E-state index in [4.69, 9.17) is 5.11 Å². The van der Waals surface area contributed by atoms with E-state index in [1.54, 1.807) is 24.3 Å². The molecule has 3 aromatic rings.